The van der Waals surface area contributed by atoms with Gasteiger partial charge in [0.15, 0.2) is 0 Å². The summed E-state index contributed by atoms with van der Waals surface area (Å²) in [4.78, 5) is 0. The summed E-state index contributed by atoms with van der Waals surface area (Å²) in [7, 11) is 3.10. The van der Waals surface area contributed by atoms with E-state index >= 15 is 0 Å². The van der Waals surface area contributed by atoms with Gasteiger partial charge >= 0.3 is 46.9 Å². The van der Waals surface area contributed by atoms with Crippen LogP contribution in [-0.2, 0) is 9.47 Å². The summed E-state index contributed by atoms with van der Waals surface area (Å²) in [6.07, 6.45) is 0. The van der Waals surface area contributed by atoms with Crippen molar-refractivity contribution in [2.45, 2.75) is 0 Å². The Morgan fingerprint density at radius 1 is 1.00 bits per heavy atom. The molecule has 4 nitrogen and oxygen atoms in total. The van der Waals surface area contributed by atoms with E-state index in [0.717, 1.165) is 0 Å². The number of hydrogen-bond donors (Lipinski definition) is 2. The van der Waals surface area contributed by atoms with Crippen LogP contribution in [0.3, 0.4) is 0 Å². The Hall–Kier alpha value is 1.37. The van der Waals surface area contributed by atoms with Gasteiger partial charge in [-0.05, 0) is 0 Å². The number of aliphatic hydroxyl groups excluding tert-OH is 2. The maximum atomic E-state index is 7.94. The number of ether oxygens (including phenoxy) is 2. The molecule has 0 heterocycles. The van der Waals surface area contributed by atoms with Crippen LogP contribution in [0.4, 0.5) is 0 Å². The van der Waals surface area contributed by atoms with Gasteiger partial charge in [0.2, 0.25) is 0 Å². The molecule has 0 fully saturated rings. The average Bonchev–Trinajstić information content (AvgIpc) is 1.93. The summed E-state index contributed by atoms with van der Waals surface area (Å²) in [5.74, 6) is 0. The van der Waals surface area contributed by atoms with Gasteiger partial charge in [0.05, 0.1) is 26.4 Å². The summed E-state index contributed by atoms with van der Waals surface area (Å²) in [6.45, 7) is 1.13. The van der Waals surface area contributed by atoms with Gasteiger partial charge in [0.1, 0.15) is 0 Å². The molecule has 0 aromatic carbocycles. The largest absolute Gasteiger partial charge is 3.00 e. The molecule has 0 aliphatic carbocycles. The quantitative estimate of drug-likeness (QED) is 0.460. The molecule has 0 aliphatic rings. The Labute approximate surface area is 108 Å². The van der Waals surface area contributed by atoms with Gasteiger partial charge in [-0.15, -0.1) is 0 Å². The zero-order valence-electron chi connectivity index (χ0n) is 8.12. The molecule has 6 heteroatoms. The molecular formula is C6H18AlNaO4+4. The molecular weight excluding hydrogens is 186 g/mol. The number of hydrogen-bond acceptors (Lipinski definition) is 4. The molecule has 0 aliphatic heterocycles. The summed E-state index contributed by atoms with van der Waals surface area (Å²) >= 11 is 0. The minimum absolute atomic E-state index is 0. The van der Waals surface area contributed by atoms with E-state index in [1.165, 1.54) is 0 Å². The van der Waals surface area contributed by atoms with Crippen LogP contribution >= 0.6 is 0 Å². The fraction of sp³-hybridized carbons (Fsp3) is 1.00. The van der Waals surface area contributed by atoms with E-state index in [4.69, 9.17) is 10.2 Å². The second kappa shape index (κ2) is 29.4. The first-order valence-corrected chi connectivity index (χ1v) is 3.03. The van der Waals surface area contributed by atoms with Crippen molar-refractivity contribution in [3.8, 4) is 0 Å². The molecule has 0 bridgehead atoms. The maximum Gasteiger partial charge on any atom is 3.00 e. The van der Waals surface area contributed by atoms with Crippen molar-refractivity contribution < 1.29 is 50.7 Å². The Morgan fingerprint density at radius 2 is 1.25 bits per heavy atom. The Balaban J connectivity index is -0.0000000267. The molecule has 0 aromatic heterocycles. The summed E-state index contributed by atoms with van der Waals surface area (Å²) in [5, 5.41) is 15.9. The van der Waals surface area contributed by atoms with E-state index in [1.54, 1.807) is 14.2 Å². The van der Waals surface area contributed by atoms with Crippen molar-refractivity contribution in [2.24, 2.45) is 0 Å². The zero-order valence-corrected chi connectivity index (χ0v) is 11.3. The third-order valence-corrected chi connectivity index (χ3v) is 0.591. The predicted molar refractivity (Wildman–Crippen MR) is 45.8 cm³/mol. The second-order valence-electron chi connectivity index (χ2n) is 1.43. The molecule has 0 spiro atoms. The molecule has 12 heavy (non-hydrogen) atoms. The van der Waals surface area contributed by atoms with Gasteiger partial charge in [-0.2, -0.15) is 0 Å². The van der Waals surface area contributed by atoms with Gasteiger partial charge in [-0.1, -0.05) is 0 Å². The molecule has 0 saturated heterocycles. The minimum Gasteiger partial charge on any atom is -0.394 e. The molecule has 0 aromatic rings. The fourth-order valence-electron chi connectivity index (χ4n) is 0.183. The molecule has 0 atom stereocenters. The average molecular weight is 204 g/mol. The van der Waals surface area contributed by atoms with Crippen molar-refractivity contribution in [1.29, 1.82) is 0 Å². The van der Waals surface area contributed by atoms with E-state index in [-0.39, 0.29) is 61.6 Å². The molecule has 0 radical (unpaired) electrons. The van der Waals surface area contributed by atoms with Crippen LogP contribution in [-0.4, -0.2) is 68.2 Å². The van der Waals surface area contributed by atoms with Gasteiger partial charge in [0.25, 0.3) is 0 Å². The van der Waals surface area contributed by atoms with E-state index < -0.39 is 0 Å². The zero-order chi connectivity index (χ0) is 8.24. The first-order valence-electron chi connectivity index (χ1n) is 3.03. The van der Waals surface area contributed by atoms with Crippen molar-refractivity contribution in [3.05, 3.63) is 0 Å². The topological polar surface area (TPSA) is 58.9 Å². The van der Waals surface area contributed by atoms with Gasteiger partial charge in [-0.3, -0.25) is 0 Å². The summed E-state index contributed by atoms with van der Waals surface area (Å²) in [6, 6.07) is 0. The predicted octanol–water partition coefficient (Wildman–Crippen LogP) is -3.88. The van der Waals surface area contributed by atoms with Crippen LogP contribution in [0.1, 0.15) is 1.43 Å². The fourth-order valence-corrected chi connectivity index (χ4v) is 0.183. The van der Waals surface area contributed by atoms with Crippen LogP contribution in [0.15, 0.2) is 0 Å². The van der Waals surface area contributed by atoms with Crippen molar-refractivity contribution in [1.82, 2.24) is 0 Å². The number of rotatable bonds is 4. The van der Waals surface area contributed by atoms with E-state index in [1.807, 2.05) is 0 Å². The molecule has 0 rings (SSSR count). The summed E-state index contributed by atoms with van der Waals surface area (Å²) < 4.78 is 8.88. The molecule has 2 N–H and O–H groups in total. The molecule has 0 amide bonds. The van der Waals surface area contributed by atoms with Crippen LogP contribution in [0.25, 0.3) is 0 Å². The maximum absolute atomic E-state index is 7.94. The smallest absolute Gasteiger partial charge is 0.394 e. The first-order chi connectivity index (χ1) is 4.83. The van der Waals surface area contributed by atoms with Crippen LogP contribution in [0, 0.1) is 0 Å². The van der Waals surface area contributed by atoms with Crippen LogP contribution < -0.4 is 29.6 Å². The molecule has 0 saturated carbocycles. The van der Waals surface area contributed by atoms with Crippen molar-refractivity contribution in [2.75, 3.05) is 40.6 Å². The first kappa shape index (κ1) is 23.3. The standard InChI is InChI=1S/2C3H8O2.Al.Na.H2/c2*1-5-3-2-4;;;/h2*4H,2-3H2,1H3;;;1H/q;;+3;+1;. The molecule has 0 unspecified atom stereocenters. The van der Waals surface area contributed by atoms with E-state index in [0.29, 0.717) is 13.2 Å². The Bertz CT molecular complexity index is 45.6. The van der Waals surface area contributed by atoms with Gasteiger partial charge < -0.3 is 19.7 Å². The SMILES string of the molecule is COCCO.COCCO.[Al+3].[HH].[Na+]. The van der Waals surface area contributed by atoms with Crippen LogP contribution in [0.2, 0.25) is 0 Å². The summed E-state index contributed by atoms with van der Waals surface area (Å²) in [5.41, 5.74) is 0. The number of aliphatic hydroxyl groups is 2. The monoisotopic (exact) mass is 204 g/mol. The Morgan fingerprint density at radius 3 is 1.25 bits per heavy atom. The Kier molecular flexibility index (Phi) is 57.2. The second-order valence-corrected chi connectivity index (χ2v) is 1.43. The third kappa shape index (κ3) is 42.4. The third-order valence-electron chi connectivity index (χ3n) is 0.591. The molecule has 66 valence electrons. The van der Waals surface area contributed by atoms with Crippen LogP contribution in [0.5, 0.6) is 0 Å². The van der Waals surface area contributed by atoms with E-state index in [2.05, 4.69) is 9.47 Å². The van der Waals surface area contributed by atoms with E-state index in [9.17, 15) is 0 Å². The minimum atomic E-state index is 0. The van der Waals surface area contributed by atoms with Crippen molar-refractivity contribution >= 4 is 17.4 Å². The number of methoxy groups -OCH3 is 2. The van der Waals surface area contributed by atoms with Gasteiger partial charge in [-0.25, -0.2) is 0 Å². The van der Waals surface area contributed by atoms with Crippen molar-refractivity contribution in [3.63, 3.8) is 0 Å². The normalized spacial score (nSPS) is 7.00. The van der Waals surface area contributed by atoms with Gasteiger partial charge in [0, 0.05) is 15.6 Å².